The Morgan fingerprint density at radius 1 is 0.655 bits per heavy atom. The largest absolute Gasteiger partial charge is 0.391 e. The molecule has 8 bridgehead atoms. The van der Waals surface area contributed by atoms with Crippen LogP contribution in [0.5, 0.6) is 0 Å². The number of carbonyl (C=O) groups excluding carboxylic acids is 2. The summed E-state index contributed by atoms with van der Waals surface area (Å²) in [6.45, 7) is 19.9. The quantitative estimate of drug-likeness (QED) is 0.156. The minimum atomic E-state index is -2.18. The molecule has 5 spiro atoms. The summed E-state index contributed by atoms with van der Waals surface area (Å²) in [5.74, 6) is -6.86. The molecule has 13 aliphatic rings. The molecule has 0 aromatic heterocycles. The highest BCUT2D eigenvalue weighted by Gasteiger charge is 2.89. The summed E-state index contributed by atoms with van der Waals surface area (Å²) in [6, 6.07) is 0. The number of hydrogen-bond acceptors (Lipinski definition) is 12. The third-order valence-electron chi connectivity index (χ3n) is 17.8. The maximum Gasteiger partial charge on any atom is 0.213 e. The van der Waals surface area contributed by atoms with Crippen LogP contribution in [0.2, 0.25) is 0 Å². The molecule has 12 nitrogen and oxygen atoms in total. The summed E-state index contributed by atoms with van der Waals surface area (Å²) >= 11 is 0. The van der Waals surface area contributed by atoms with Gasteiger partial charge in [-0.1, -0.05) is 65.2 Å². The molecule has 6 saturated carbocycles. The van der Waals surface area contributed by atoms with Crippen molar-refractivity contribution in [3.8, 4) is 0 Å². The van der Waals surface area contributed by atoms with Crippen LogP contribution in [-0.2, 0) is 28.5 Å². The van der Waals surface area contributed by atoms with E-state index in [-0.39, 0.29) is 41.8 Å². The molecule has 11 fully saturated rings. The predicted molar refractivity (Wildman–Crippen MR) is 193 cm³/mol. The molecule has 18 atom stereocenters. The van der Waals surface area contributed by atoms with Crippen LogP contribution in [0.3, 0.4) is 0 Å². The van der Waals surface area contributed by atoms with E-state index in [0.717, 1.165) is 12.8 Å². The number of fused-ring (bicyclic) bond motifs is 3. The molecule has 0 radical (unpaired) electrons. The van der Waals surface area contributed by atoms with Gasteiger partial charge in [-0.25, -0.2) is 0 Å². The first-order chi connectivity index (χ1) is 25.5. The fraction of sp³-hybridized carbons (Fsp3) is 0.767. The van der Waals surface area contributed by atoms with E-state index in [2.05, 4.69) is 13.2 Å². The molecule has 0 aromatic carbocycles. The summed E-state index contributed by atoms with van der Waals surface area (Å²) in [4.78, 5) is 27.2. The van der Waals surface area contributed by atoms with E-state index in [1.807, 2.05) is 59.8 Å². The number of rotatable bonds is 0. The standard InChI is InChI=1S/C23H30O6.C20H26O6/c1-11-12-6-7-13-21-9-8-14(24)19(2,3)15(21)17(26)23(27-10-21)22(13,16(11)25)18(12)28-20(4,5)29-23;1-9-10-4-5-11-18-7-6-12(21)17(2,3)13(18)16(24)20(25,26-8-18)19(11,14(9)22)15(10)23/h8-9,12-15,17-18,24,26H,1,6-7,10H2,2-5H3;6-7,10-13,15-16,21,23-25H,1,4-5,8H2,2-3H3/t12-,13-,14-,15+,17-,18+,21+,22-,23-;10-,11-,12-,13+,15+,16-,18+,19-,20+/m00/s1. The van der Waals surface area contributed by atoms with Crippen molar-refractivity contribution in [2.75, 3.05) is 13.2 Å². The van der Waals surface area contributed by atoms with Gasteiger partial charge in [0.1, 0.15) is 23.0 Å². The molecule has 6 N–H and O–H groups in total. The zero-order valence-electron chi connectivity index (χ0n) is 32.5. The maximum atomic E-state index is 13.9. The highest BCUT2D eigenvalue weighted by molar-refractivity contribution is 6.06. The topological polar surface area (TPSA) is 192 Å². The lowest BCUT2D eigenvalue weighted by Crippen LogP contribution is -2.87. The molecule has 12 heteroatoms. The second kappa shape index (κ2) is 10.4. The second-order valence-electron chi connectivity index (χ2n) is 20.7. The van der Waals surface area contributed by atoms with Gasteiger partial charge in [-0.15, -0.1) is 0 Å². The van der Waals surface area contributed by atoms with Gasteiger partial charge in [0, 0.05) is 45.3 Å². The predicted octanol–water partition coefficient (Wildman–Crippen LogP) is 2.10. The van der Waals surface area contributed by atoms with Gasteiger partial charge in [0.2, 0.25) is 11.6 Å². The Morgan fingerprint density at radius 3 is 1.75 bits per heavy atom. The van der Waals surface area contributed by atoms with Crippen LogP contribution in [-0.4, -0.2) is 109 Å². The van der Waals surface area contributed by atoms with Gasteiger partial charge in [0.05, 0.1) is 37.6 Å². The number of ketones is 2. The number of carbonyl (C=O) groups is 2. The van der Waals surface area contributed by atoms with Crippen molar-refractivity contribution in [3.05, 3.63) is 48.6 Å². The zero-order valence-corrected chi connectivity index (χ0v) is 32.5. The van der Waals surface area contributed by atoms with Crippen LogP contribution in [0.15, 0.2) is 48.6 Å². The van der Waals surface area contributed by atoms with Crippen molar-refractivity contribution >= 4 is 11.6 Å². The fourth-order valence-corrected chi connectivity index (χ4v) is 15.7. The Morgan fingerprint density at radius 2 is 1.15 bits per heavy atom. The third-order valence-corrected chi connectivity index (χ3v) is 17.8. The lowest BCUT2D eigenvalue weighted by Gasteiger charge is -2.76. The smallest absolute Gasteiger partial charge is 0.213 e. The van der Waals surface area contributed by atoms with E-state index in [1.54, 1.807) is 6.08 Å². The lowest BCUT2D eigenvalue weighted by molar-refractivity contribution is -0.524. The summed E-state index contributed by atoms with van der Waals surface area (Å²) in [6.07, 6.45) is 4.86. The van der Waals surface area contributed by atoms with Crippen LogP contribution >= 0.6 is 0 Å². The molecule has 0 aromatic rings. The fourth-order valence-electron chi connectivity index (χ4n) is 15.7. The van der Waals surface area contributed by atoms with Crippen molar-refractivity contribution < 1.29 is 59.2 Å². The van der Waals surface area contributed by atoms with Crippen molar-refractivity contribution in [1.82, 2.24) is 0 Å². The first-order valence-corrected chi connectivity index (χ1v) is 20.2. The summed E-state index contributed by atoms with van der Waals surface area (Å²) in [5, 5.41) is 67.1. The van der Waals surface area contributed by atoms with E-state index in [9.17, 15) is 40.2 Å². The van der Waals surface area contributed by atoms with E-state index in [1.165, 1.54) is 0 Å². The summed E-state index contributed by atoms with van der Waals surface area (Å²) < 4.78 is 25.1. The number of aliphatic hydroxyl groups is 6. The summed E-state index contributed by atoms with van der Waals surface area (Å²) in [7, 11) is 0. The van der Waals surface area contributed by atoms with E-state index in [0.29, 0.717) is 30.6 Å². The molecule has 5 aliphatic heterocycles. The van der Waals surface area contributed by atoms with Crippen LogP contribution < -0.4 is 0 Å². The Labute approximate surface area is 321 Å². The normalized spacial score (nSPS) is 58.7. The van der Waals surface area contributed by atoms with Crippen molar-refractivity contribution in [3.63, 3.8) is 0 Å². The van der Waals surface area contributed by atoms with Crippen LogP contribution in [0, 0.1) is 68.0 Å². The second-order valence-corrected chi connectivity index (χ2v) is 20.7. The molecular weight excluding hydrogens is 708 g/mol. The molecule has 5 saturated heterocycles. The molecule has 5 heterocycles. The molecule has 0 unspecified atom stereocenters. The van der Waals surface area contributed by atoms with Gasteiger partial charge in [0.15, 0.2) is 17.4 Å². The van der Waals surface area contributed by atoms with Crippen molar-refractivity contribution in [2.24, 2.45) is 68.0 Å². The third kappa shape index (κ3) is 3.55. The van der Waals surface area contributed by atoms with Gasteiger partial charge < -0.3 is 49.6 Å². The summed E-state index contributed by atoms with van der Waals surface area (Å²) in [5.41, 5.74) is -4.38. The van der Waals surface area contributed by atoms with Crippen LogP contribution in [0.4, 0.5) is 0 Å². The minimum absolute atomic E-state index is 0.0700. The zero-order chi connectivity index (χ0) is 39.6. The van der Waals surface area contributed by atoms with Gasteiger partial charge >= 0.3 is 0 Å². The van der Waals surface area contributed by atoms with Gasteiger partial charge in [-0.3, -0.25) is 9.59 Å². The van der Waals surface area contributed by atoms with Crippen molar-refractivity contribution in [2.45, 2.75) is 121 Å². The Bertz CT molecular complexity index is 1900. The Hall–Kier alpha value is -2.10. The molecule has 55 heavy (non-hydrogen) atoms. The van der Waals surface area contributed by atoms with E-state index < -0.39 is 98.3 Å². The van der Waals surface area contributed by atoms with Crippen LogP contribution in [0.1, 0.15) is 67.2 Å². The molecule has 0 amide bonds. The monoisotopic (exact) mass is 764 g/mol. The molecule has 300 valence electrons. The average Bonchev–Trinajstić information content (AvgIpc) is 3.29. The minimum Gasteiger partial charge on any atom is -0.391 e. The molecular formula is C43H56O12. The highest BCUT2D eigenvalue weighted by Crippen LogP contribution is 2.79. The lowest BCUT2D eigenvalue weighted by atomic mass is 9.37. The SMILES string of the molecule is C=C1C(=O)[C@@]23[C@@H]4OC(C)(C)O[C@]25OC[C@]2(C=C[C@H](O)C(C)(C)[C@H]2[C@@H]5O)[C@@H]3CC[C@@H]14.C=C1C(=O)[C@]23[C@H](O)[C@H]1CC[C@H]2[C@]12C=C[C@H](O)C(C)(C)[C@H]1[C@H](O)[C@@]3(O)OC2. The van der Waals surface area contributed by atoms with Gasteiger partial charge in [0.25, 0.3) is 0 Å². The van der Waals surface area contributed by atoms with E-state index >= 15 is 0 Å². The number of Topliss-reactive ketones (excluding diaryl/α,β-unsaturated/α-hetero) is 2. The number of ether oxygens (including phenoxy) is 4. The van der Waals surface area contributed by atoms with Crippen molar-refractivity contribution in [1.29, 1.82) is 0 Å². The Kier molecular flexibility index (Phi) is 7.01. The first kappa shape index (κ1) is 37.2. The van der Waals surface area contributed by atoms with Gasteiger partial charge in [-0.2, -0.15) is 0 Å². The number of hydrogen-bond donors (Lipinski definition) is 6. The maximum absolute atomic E-state index is 13.9. The number of aliphatic hydroxyl groups excluding tert-OH is 5. The first-order valence-electron chi connectivity index (χ1n) is 20.2. The van der Waals surface area contributed by atoms with Crippen LogP contribution in [0.25, 0.3) is 0 Å². The molecule has 13 rings (SSSR count). The van der Waals surface area contributed by atoms with Gasteiger partial charge in [-0.05, 0) is 62.5 Å². The van der Waals surface area contributed by atoms with E-state index in [4.69, 9.17) is 18.9 Å². The Balaban J connectivity index is 0.000000136. The average molecular weight is 765 g/mol. The highest BCUT2D eigenvalue weighted by atomic mass is 16.8. The molecule has 8 aliphatic carbocycles.